The summed E-state index contributed by atoms with van der Waals surface area (Å²) in [4.78, 5) is 19.6. The fraction of sp³-hybridized carbons (Fsp3) is 0.188. The summed E-state index contributed by atoms with van der Waals surface area (Å²) in [6, 6.07) is 9.55. The smallest absolute Gasteiger partial charge is 0.407 e. The predicted molar refractivity (Wildman–Crippen MR) is 80.4 cm³/mol. The van der Waals surface area contributed by atoms with Gasteiger partial charge in [-0.1, -0.05) is 42.5 Å². The maximum Gasteiger partial charge on any atom is 0.407 e. The minimum absolute atomic E-state index is 0.266. The van der Waals surface area contributed by atoms with Crippen LogP contribution in [0.4, 0.5) is 4.79 Å². The Morgan fingerprint density at radius 2 is 1.95 bits per heavy atom. The summed E-state index contributed by atoms with van der Waals surface area (Å²) in [5, 5.41) is 2.65. The van der Waals surface area contributed by atoms with E-state index in [9.17, 15) is 4.79 Å². The van der Waals surface area contributed by atoms with E-state index >= 15 is 0 Å². The van der Waals surface area contributed by atoms with E-state index in [2.05, 4.69) is 15.3 Å². The molecule has 5 nitrogen and oxygen atoms in total. The van der Waals surface area contributed by atoms with Crippen LogP contribution in [0, 0.1) is 6.92 Å². The highest BCUT2D eigenvalue weighted by molar-refractivity contribution is 5.67. The van der Waals surface area contributed by atoms with E-state index < -0.39 is 6.09 Å². The van der Waals surface area contributed by atoms with Crippen LogP contribution in [-0.2, 0) is 11.3 Å². The van der Waals surface area contributed by atoms with E-state index in [-0.39, 0.29) is 6.61 Å². The SMILES string of the molecule is Cc1ncc(C=CCNC(=O)OCc2ccccc2)cn1. The van der Waals surface area contributed by atoms with Gasteiger partial charge in [0.25, 0.3) is 0 Å². The number of hydrogen-bond donors (Lipinski definition) is 1. The van der Waals surface area contributed by atoms with Crippen LogP contribution in [0.1, 0.15) is 17.0 Å². The molecule has 108 valence electrons. The summed E-state index contributed by atoms with van der Waals surface area (Å²) in [7, 11) is 0. The maximum absolute atomic E-state index is 11.5. The first-order valence-corrected chi connectivity index (χ1v) is 6.64. The first kappa shape index (κ1) is 14.7. The zero-order valence-corrected chi connectivity index (χ0v) is 11.8. The van der Waals surface area contributed by atoms with E-state index in [4.69, 9.17) is 4.74 Å². The Morgan fingerprint density at radius 1 is 1.24 bits per heavy atom. The summed E-state index contributed by atoms with van der Waals surface area (Å²) in [5.41, 5.74) is 1.85. The van der Waals surface area contributed by atoms with Crippen LogP contribution in [0.2, 0.25) is 0 Å². The zero-order valence-electron chi connectivity index (χ0n) is 11.8. The van der Waals surface area contributed by atoms with Gasteiger partial charge in [-0.3, -0.25) is 0 Å². The van der Waals surface area contributed by atoms with Gasteiger partial charge in [0.05, 0.1) is 0 Å². The summed E-state index contributed by atoms with van der Waals surface area (Å²) in [6.07, 6.45) is 6.68. The normalized spacial score (nSPS) is 10.5. The monoisotopic (exact) mass is 283 g/mol. The highest BCUT2D eigenvalue weighted by Crippen LogP contribution is 2.00. The number of rotatable bonds is 5. The molecule has 1 N–H and O–H groups in total. The second kappa shape index (κ2) is 7.79. The number of alkyl carbamates (subject to hydrolysis) is 1. The Kier molecular flexibility index (Phi) is 5.46. The minimum atomic E-state index is -0.441. The Hall–Kier alpha value is -2.69. The topological polar surface area (TPSA) is 64.1 Å². The van der Waals surface area contributed by atoms with Crippen molar-refractivity contribution in [3.63, 3.8) is 0 Å². The van der Waals surface area contributed by atoms with Gasteiger partial charge in [0, 0.05) is 24.5 Å². The van der Waals surface area contributed by atoms with E-state index in [0.717, 1.165) is 17.0 Å². The second-order valence-electron chi connectivity index (χ2n) is 4.41. The van der Waals surface area contributed by atoms with Crippen molar-refractivity contribution in [2.24, 2.45) is 0 Å². The van der Waals surface area contributed by atoms with Gasteiger partial charge in [-0.25, -0.2) is 14.8 Å². The molecule has 21 heavy (non-hydrogen) atoms. The van der Waals surface area contributed by atoms with Gasteiger partial charge in [-0.15, -0.1) is 0 Å². The van der Waals surface area contributed by atoms with Crippen molar-refractivity contribution in [3.8, 4) is 0 Å². The Balaban J connectivity index is 1.68. The van der Waals surface area contributed by atoms with Gasteiger partial charge in [0.2, 0.25) is 0 Å². The number of ether oxygens (including phenoxy) is 1. The average Bonchev–Trinajstić information content (AvgIpc) is 2.52. The molecule has 0 saturated heterocycles. The molecule has 1 heterocycles. The van der Waals surface area contributed by atoms with Crippen molar-refractivity contribution in [3.05, 3.63) is 65.8 Å². The fourth-order valence-electron chi connectivity index (χ4n) is 1.60. The first-order chi connectivity index (χ1) is 10.2. The Morgan fingerprint density at radius 3 is 2.67 bits per heavy atom. The molecule has 0 aliphatic carbocycles. The zero-order chi connectivity index (χ0) is 14.9. The standard InChI is InChI=1S/C16H17N3O2/c1-13-18-10-15(11-19-13)8-5-9-17-16(20)21-12-14-6-3-2-4-7-14/h2-8,10-11H,9,12H2,1H3,(H,17,20). The molecule has 1 aromatic heterocycles. The van der Waals surface area contributed by atoms with E-state index in [1.54, 1.807) is 12.4 Å². The molecule has 0 aliphatic heterocycles. The third kappa shape index (κ3) is 5.44. The Bertz CT molecular complexity index is 595. The van der Waals surface area contributed by atoms with Crippen molar-refractivity contribution < 1.29 is 9.53 Å². The molecule has 0 spiro atoms. The summed E-state index contributed by atoms with van der Waals surface area (Å²) in [5.74, 6) is 0.731. The molecule has 5 heteroatoms. The molecule has 1 amide bonds. The van der Waals surface area contributed by atoms with Gasteiger partial charge in [0.15, 0.2) is 0 Å². The van der Waals surface area contributed by atoms with Gasteiger partial charge >= 0.3 is 6.09 Å². The number of hydrogen-bond acceptors (Lipinski definition) is 4. The van der Waals surface area contributed by atoms with Gasteiger partial charge in [-0.2, -0.15) is 0 Å². The van der Waals surface area contributed by atoms with Gasteiger partial charge in [-0.05, 0) is 12.5 Å². The molecule has 0 unspecified atom stereocenters. The molecule has 0 bridgehead atoms. The maximum atomic E-state index is 11.5. The number of aromatic nitrogens is 2. The number of amides is 1. The number of nitrogens with zero attached hydrogens (tertiary/aromatic N) is 2. The molecule has 2 aromatic rings. The van der Waals surface area contributed by atoms with Crippen LogP contribution >= 0.6 is 0 Å². The molecular formula is C16H17N3O2. The van der Waals surface area contributed by atoms with Crippen LogP contribution in [0.25, 0.3) is 6.08 Å². The number of benzene rings is 1. The second-order valence-corrected chi connectivity index (χ2v) is 4.41. The van der Waals surface area contributed by atoms with Crippen LogP contribution in [0.15, 0.2) is 48.8 Å². The van der Waals surface area contributed by atoms with Crippen molar-refractivity contribution >= 4 is 12.2 Å². The van der Waals surface area contributed by atoms with Crippen molar-refractivity contribution in [2.45, 2.75) is 13.5 Å². The summed E-state index contributed by atoms with van der Waals surface area (Å²) >= 11 is 0. The van der Waals surface area contributed by atoms with E-state index in [0.29, 0.717) is 6.54 Å². The molecular weight excluding hydrogens is 266 g/mol. The lowest BCUT2D eigenvalue weighted by atomic mass is 10.2. The lowest BCUT2D eigenvalue weighted by molar-refractivity contribution is 0.141. The van der Waals surface area contributed by atoms with Gasteiger partial charge < -0.3 is 10.1 Å². The average molecular weight is 283 g/mol. The van der Waals surface area contributed by atoms with Crippen LogP contribution < -0.4 is 5.32 Å². The molecule has 0 radical (unpaired) electrons. The number of aryl methyl sites for hydroxylation is 1. The van der Waals surface area contributed by atoms with E-state index in [1.807, 2.05) is 49.4 Å². The van der Waals surface area contributed by atoms with Gasteiger partial charge in [0.1, 0.15) is 12.4 Å². The van der Waals surface area contributed by atoms with E-state index in [1.165, 1.54) is 0 Å². The Labute approximate surface area is 123 Å². The molecule has 0 aliphatic rings. The third-order valence-corrected chi connectivity index (χ3v) is 2.69. The quantitative estimate of drug-likeness (QED) is 0.916. The van der Waals surface area contributed by atoms with Crippen molar-refractivity contribution in [2.75, 3.05) is 6.54 Å². The number of carbonyl (C=O) groups excluding carboxylic acids is 1. The third-order valence-electron chi connectivity index (χ3n) is 2.69. The first-order valence-electron chi connectivity index (χ1n) is 6.64. The highest BCUT2D eigenvalue weighted by Gasteiger charge is 2.00. The summed E-state index contributed by atoms with van der Waals surface area (Å²) < 4.78 is 5.09. The minimum Gasteiger partial charge on any atom is -0.445 e. The lowest BCUT2D eigenvalue weighted by Gasteiger charge is -2.05. The molecule has 0 saturated carbocycles. The van der Waals surface area contributed by atoms with Crippen LogP contribution in [0.3, 0.4) is 0 Å². The fourth-order valence-corrected chi connectivity index (χ4v) is 1.60. The number of nitrogens with one attached hydrogen (secondary N) is 1. The summed E-state index contributed by atoms with van der Waals surface area (Å²) in [6.45, 7) is 2.49. The van der Waals surface area contributed by atoms with Crippen molar-refractivity contribution in [1.29, 1.82) is 0 Å². The molecule has 0 atom stereocenters. The van der Waals surface area contributed by atoms with Crippen LogP contribution in [-0.4, -0.2) is 22.6 Å². The molecule has 0 fully saturated rings. The number of carbonyl (C=O) groups is 1. The molecule has 2 rings (SSSR count). The van der Waals surface area contributed by atoms with Crippen molar-refractivity contribution in [1.82, 2.24) is 15.3 Å². The molecule has 1 aromatic carbocycles. The lowest BCUT2D eigenvalue weighted by Crippen LogP contribution is -2.24. The predicted octanol–water partition coefficient (Wildman–Crippen LogP) is 2.72. The van der Waals surface area contributed by atoms with Crippen LogP contribution in [0.5, 0.6) is 0 Å². The largest absolute Gasteiger partial charge is 0.445 e. The highest BCUT2D eigenvalue weighted by atomic mass is 16.5.